The number of likely N-dealkylation sites (tertiary alicyclic amines) is 2. The van der Waals surface area contributed by atoms with Crippen LogP contribution in [-0.4, -0.2) is 61.7 Å². The number of piperidine rings is 1. The zero-order chi connectivity index (χ0) is 19.0. The van der Waals surface area contributed by atoms with Crippen LogP contribution in [0.15, 0.2) is 4.52 Å². The van der Waals surface area contributed by atoms with Gasteiger partial charge in [0.15, 0.2) is 5.82 Å². The highest BCUT2D eigenvalue weighted by Crippen LogP contribution is 2.41. The summed E-state index contributed by atoms with van der Waals surface area (Å²) in [7, 11) is 0. The lowest BCUT2D eigenvalue weighted by Crippen LogP contribution is -2.62. The van der Waals surface area contributed by atoms with Gasteiger partial charge in [0.05, 0.1) is 12.6 Å². The summed E-state index contributed by atoms with van der Waals surface area (Å²) in [5.74, 6) is 1.88. The summed E-state index contributed by atoms with van der Waals surface area (Å²) in [6.07, 6.45) is 7.19. The summed E-state index contributed by atoms with van der Waals surface area (Å²) in [5, 5.41) is 13.9. The number of amides is 1. The molecule has 3 heterocycles. The van der Waals surface area contributed by atoms with E-state index in [-0.39, 0.29) is 24.0 Å². The lowest BCUT2D eigenvalue weighted by molar-refractivity contribution is -0.152. The third-order valence-corrected chi connectivity index (χ3v) is 6.71. The van der Waals surface area contributed by atoms with E-state index in [4.69, 9.17) is 4.52 Å². The van der Waals surface area contributed by atoms with Gasteiger partial charge in [-0.25, -0.2) is 0 Å². The third kappa shape index (κ3) is 3.51. The number of carbonyl (C=O) groups excluding carboxylic acids is 1. The Kier molecular flexibility index (Phi) is 5.25. The van der Waals surface area contributed by atoms with Gasteiger partial charge in [0.25, 0.3) is 0 Å². The molecular weight excluding hydrogens is 344 g/mol. The Morgan fingerprint density at radius 2 is 1.89 bits per heavy atom. The number of hydrogen-bond donors (Lipinski definition) is 1. The van der Waals surface area contributed by atoms with E-state index in [9.17, 15) is 9.90 Å². The lowest BCUT2D eigenvalue weighted by Gasteiger charge is -2.48. The molecule has 1 N–H and O–H groups in total. The molecular formula is C20H32N4O3. The van der Waals surface area contributed by atoms with E-state index in [1.807, 2.05) is 0 Å². The van der Waals surface area contributed by atoms with Gasteiger partial charge >= 0.3 is 0 Å². The fraction of sp³-hybridized carbons (Fsp3) is 0.850. The first-order valence-electron chi connectivity index (χ1n) is 10.6. The standard InChI is InChI=1S/C20H32N4O3/c1-14(2)18-21-17(27-22-18)13-23-11-3-9-20(23)10-4-12-24(19(20)26)15-5-7-16(25)8-6-15/h14-16,25H,3-13H2,1-2H3. The number of carbonyl (C=O) groups is 1. The second-order valence-corrected chi connectivity index (χ2v) is 8.82. The summed E-state index contributed by atoms with van der Waals surface area (Å²) in [5.41, 5.74) is -0.402. The average molecular weight is 377 g/mol. The second-order valence-electron chi connectivity index (χ2n) is 8.82. The van der Waals surface area contributed by atoms with Gasteiger partial charge in [-0.3, -0.25) is 9.69 Å². The monoisotopic (exact) mass is 376 g/mol. The molecule has 1 spiro atoms. The molecule has 27 heavy (non-hydrogen) atoms. The molecule has 4 rings (SSSR count). The molecule has 1 saturated carbocycles. The van der Waals surface area contributed by atoms with Gasteiger partial charge < -0.3 is 14.5 Å². The normalized spacial score (nSPS) is 32.7. The first-order chi connectivity index (χ1) is 13.0. The van der Waals surface area contributed by atoms with Crippen molar-refractivity contribution in [3.63, 3.8) is 0 Å². The molecule has 0 aromatic carbocycles. The van der Waals surface area contributed by atoms with E-state index in [1.165, 1.54) is 0 Å². The quantitative estimate of drug-likeness (QED) is 0.869. The molecule has 7 heteroatoms. The van der Waals surface area contributed by atoms with Crippen molar-refractivity contribution in [2.24, 2.45) is 0 Å². The highest BCUT2D eigenvalue weighted by molar-refractivity contribution is 5.87. The Bertz CT molecular complexity index is 668. The minimum absolute atomic E-state index is 0.189. The molecule has 0 radical (unpaired) electrons. The number of aliphatic hydroxyl groups is 1. The van der Waals surface area contributed by atoms with Gasteiger partial charge in [0.2, 0.25) is 11.8 Å². The van der Waals surface area contributed by atoms with E-state index in [0.29, 0.717) is 12.4 Å². The Labute approximate surface area is 161 Å². The van der Waals surface area contributed by atoms with E-state index in [0.717, 1.165) is 70.3 Å². The minimum Gasteiger partial charge on any atom is -0.393 e. The summed E-state index contributed by atoms with van der Waals surface area (Å²) >= 11 is 0. The van der Waals surface area contributed by atoms with Crippen LogP contribution in [0, 0.1) is 0 Å². The number of aliphatic hydroxyl groups excluding tert-OH is 1. The van der Waals surface area contributed by atoms with Crippen LogP contribution in [0.3, 0.4) is 0 Å². The molecule has 1 aromatic rings. The number of nitrogens with zero attached hydrogens (tertiary/aromatic N) is 4. The molecule has 1 unspecified atom stereocenters. The largest absolute Gasteiger partial charge is 0.393 e. The molecule has 1 aliphatic carbocycles. The molecule has 3 fully saturated rings. The maximum atomic E-state index is 13.6. The smallest absolute Gasteiger partial charge is 0.243 e. The Morgan fingerprint density at radius 1 is 1.19 bits per heavy atom. The highest BCUT2D eigenvalue weighted by atomic mass is 16.5. The topological polar surface area (TPSA) is 82.7 Å². The fourth-order valence-corrected chi connectivity index (χ4v) is 5.16. The molecule has 2 saturated heterocycles. The predicted molar refractivity (Wildman–Crippen MR) is 100.0 cm³/mol. The molecule has 1 amide bonds. The Hall–Kier alpha value is -1.47. The van der Waals surface area contributed by atoms with E-state index >= 15 is 0 Å². The van der Waals surface area contributed by atoms with Crippen LogP contribution < -0.4 is 0 Å². The van der Waals surface area contributed by atoms with Gasteiger partial charge in [0.1, 0.15) is 5.54 Å². The van der Waals surface area contributed by atoms with E-state index < -0.39 is 5.54 Å². The van der Waals surface area contributed by atoms with Crippen LogP contribution in [-0.2, 0) is 11.3 Å². The molecule has 2 aliphatic heterocycles. The zero-order valence-electron chi connectivity index (χ0n) is 16.6. The molecule has 1 aromatic heterocycles. The summed E-state index contributed by atoms with van der Waals surface area (Å²) < 4.78 is 5.46. The number of hydrogen-bond acceptors (Lipinski definition) is 6. The maximum absolute atomic E-state index is 13.6. The third-order valence-electron chi connectivity index (χ3n) is 6.71. The first-order valence-corrected chi connectivity index (χ1v) is 10.6. The van der Waals surface area contributed by atoms with Crippen molar-refractivity contribution in [1.29, 1.82) is 0 Å². The van der Waals surface area contributed by atoms with Crippen molar-refractivity contribution in [3.05, 3.63) is 11.7 Å². The van der Waals surface area contributed by atoms with Gasteiger partial charge in [-0.2, -0.15) is 4.98 Å². The summed E-state index contributed by atoms with van der Waals surface area (Å²) in [6.45, 7) is 6.42. The lowest BCUT2D eigenvalue weighted by atomic mass is 9.82. The number of aromatic nitrogens is 2. The van der Waals surface area contributed by atoms with Crippen molar-refractivity contribution in [1.82, 2.24) is 19.9 Å². The van der Waals surface area contributed by atoms with Gasteiger partial charge in [-0.05, 0) is 57.9 Å². The van der Waals surface area contributed by atoms with Crippen molar-refractivity contribution in [2.45, 2.75) is 95.4 Å². The van der Waals surface area contributed by atoms with Gasteiger partial charge in [0, 0.05) is 18.5 Å². The molecule has 150 valence electrons. The molecule has 7 nitrogen and oxygen atoms in total. The predicted octanol–water partition coefficient (Wildman–Crippen LogP) is 2.45. The van der Waals surface area contributed by atoms with Crippen LogP contribution in [0.2, 0.25) is 0 Å². The molecule has 1 atom stereocenters. The van der Waals surface area contributed by atoms with Gasteiger partial charge in [-0.15, -0.1) is 0 Å². The van der Waals surface area contributed by atoms with E-state index in [1.54, 1.807) is 0 Å². The highest BCUT2D eigenvalue weighted by Gasteiger charge is 2.52. The fourth-order valence-electron chi connectivity index (χ4n) is 5.16. The molecule has 0 bridgehead atoms. The average Bonchev–Trinajstić information content (AvgIpc) is 3.27. The van der Waals surface area contributed by atoms with Crippen LogP contribution in [0.25, 0.3) is 0 Å². The number of rotatable bonds is 4. The van der Waals surface area contributed by atoms with E-state index in [2.05, 4.69) is 33.8 Å². The summed E-state index contributed by atoms with van der Waals surface area (Å²) in [6, 6.07) is 0.288. The van der Waals surface area contributed by atoms with Crippen LogP contribution in [0.5, 0.6) is 0 Å². The summed E-state index contributed by atoms with van der Waals surface area (Å²) in [4.78, 5) is 22.5. The van der Waals surface area contributed by atoms with Crippen molar-refractivity contribution < 1.29 is 14.4 Å². The second kappa shape index (κ2) is 7.51. The van der Waals surface area contributed by atoms with Gasteiger partial charge in [-0.1, -0.05) is 19.0 Å². The van der Waals surface area contributed by atoms with Crippen LogP contribution in [0.4, 0.5) is 0 Å². The van der Waals surface area contributed by atoms with Crippen molar-refractivity contribution >= 4 is 5.91 Å². The maximum Gasteiger partial charge on any atom is 0.243 e. The van der Waals surface area contributed by atoms with Crippen molar-refractivity contribution in [3.8, 4) is 0 Å². The van der Waals surface area contributed by atoms with Crippen LogP contribution in [0.1, 0.15) is 82.8 Å². The SMILES string of the molecule is CC(C)c1noc(CN2CCCC23CCCN(C2CCC(O)CC2)C3=O)n1. The first kappa shape index (κ1) is 18.9. The molecule has 3 aliphatic rings. The minimum atomic E-state index is -0.402. The zero-order valence-corrected chi connectivity index (χ0v) is 16.6. The van der Waals surface area contributed by atoms with Crippen molar-refractivity contribution in [2.75, 3.05) is 13.1 Å². The van der Waals surface area contributed by atoms with Crippen LogP contribution >= 0.6 is 0 Å². The Morgan fingerprint density at radius 3 is 2.56 bits per heavy atom. The Balaban J connectivity index is 1.50.